The molecule has 172 valence electrons. The van der Waals surface area contributed by atoms with Gasteiger partial charge in [-0.15, -0.1) is 0 Å². The minimum atomic E-state index is -0.204. The van der Waals surface area contributed by atoms with Gasteiger partial charge in [-0.2, -0.15) is 0 Å². The third-order valence-corrected chi connectivity index (χ3v) is 4.45. The molecule has 0 saturated heterocycles. The zero-order chi connectivity index (χ0) is 21.7. The number of carbonyl (C=O) groups is 1. The van der Waals surface area contributed by atoms with Gasteiger partial charge in [-0.25, -0.2) is 0 Å². The standard InChI is InChI=1S/C23H39NO6/c1-26-23(25)7-6-15-28-18-20-29-19-17-27-14-4-2-3-5-16-30-22-10-8-21(9-11-22)12-13-24/h8-11H,2-7,12-20,24H2,1H3. The van der Waals surface area contributed by atoms with E-state index in [1.54, 1.807) is 0 Å². The van der Waals surface area contributed by atoms with Crippen LogP contribution in [-0.2, 0) is 30.2 Å². The van der Waals surface area contributed by atoms with Gasteiger partial charge in [-0.3, -0.25) is 4.79 Å². The Morgan fingerprint density at radius 2 is 1.33 bits per heavy atom. The van der Waals surface area contributed by atoms with Gasteiger partial charge in [0, 0.05) is 19.6 Å². The number of hydrogen-bond donors (Lipinski definition) is 1. The monoisotopic (exact) mass is 425 g/mol. The maximum atomic E-state index is 10.9. The first-order valence-corrected chi connectivity index (χ1v) is 11.0. The molecule has 0 heterocycles. The van der Waals surface area contributed by atoms with Gasteiger partial charge >= 0.3 is 5.97 Å². The van der Waals surface area contributed by atoms with Crippen LogP contribution in [0, 0.1) is 0 Å². The van der Waals surface area contributed by atoms with E-state index in [4.69, 9.17) is 24.7 Å². The molecule has 0 amide bonds. The normalized spacial score (nSPS) is 10.9. The Bertz CT molecular complexity index is 523. The van der Waals surface area contributed by atoms with Crippen molar-refractivity contribution in [2.75, 3.05) is 59.9 Å². The maximum absolute atomic E-state index is 10.9. The lowest BCUT2D eigenvalue weighted by Gasteiger charge is -2.08. The van der Waals surface area contributed by atoms with Crippen LogP contribution < -0.4 is 10.5 Å². The molecule has 0 aromatic heterocycles. The molecule has 0 unspecified atom stereocenters. The number of unbranched alkanes of at least 4 members (excludes halogenated alkanes) is 3. The minimum Gasteiger partial charge on any atom is -0.494 e. The summed E-state index contributed by atoms with van der Waals surface area (Å²) in [5, 5.41) is 0. The van der Waals surface area contributed by atoms with Crippen LogP contribution in [0.25, 0.3) is 0 Å². The maximum Gasteiger partial charge on any atom is 0.305 e. The molecule has 0 radical (unpaired) electrons. The van der Waals surface area contributed by atoms with E-state index < -0.39 is 0 Å². The summed E-state index contributed by atoms with van der Waals surface area (Å²) < 4.78 is 26.7. The van der Waals surface area contributed by atoms with Crippen molar-refractivity contribution in [3.8, 4) is 5.75 Å². The molecule has 0 aliphatic carbocycles. The zero-order valence-corrected chi connectivity index (χ0v) is 18.4. The summed E-state index contributed by atoms with van der Waals surface area (Å²) >= 11 is 0. The van der Waals surface area contributed by atoms with E-state index >= 15 is 0 Å². The Morgan fingerprint density at radius 1 is 0.767 bits per heavy atom. The van der Waals surface area contributed by atoms with Gasteiger partial charge in [0.15, 0.2) is 0 Å². The second-order valence-electron chi connectivity index (χ2n) is 6.96. The van der Waals surface area contributed by atoms with Crippen LogP contribution in [0.15, 0.2) is 24.3 Å². The number of nitrogens with two attached hydrogens (primary N) is 1. The van der Waals surface area contributed by atoms with Crippen molar-refractivity contribution < 1.29 is 28.5 Å². The summed E-state index contributed by atoms with van der Waals surface area (Å²) in [6.45, 7) is 4.97. The summed E-state index contributed by atoms with van der Waals surface area (Å²) in [4.78, 5) is 10.9. The predicted octanol–water partition coefficient (Wildman–Crippen LogP) is 3.13. The van der Waals surface area contributed by atoms with Gasteiger partial charge < -0.3 is 29.4 Å². The highest BCUT2D eigenvalue weighted by molar-refractivity contribution is 5.68. The number of benzene rings is 1. The van der Waals surface area contributed by atoms with Crippen molar-refractivity contribution in [2.24, 2.45) is 5.73 Å². The zero-order valence-electron chi connectivity index (χ0n) is 18.4. The molecule has 0 spiro atoms. The van der Waals surface area contributed by atoms with Crippen molar-refractivity contribution in [2.45, 2.75) is 44.9 Å². The summed E-state index contributed by atoms with van der Waals surface area (Å²) in [7, 11) is 1.39. The smallest absolute Gasteiger partial charge is 0.305 e. The molecule has 0 atom stereocenters. The van der Waals surface area contributed by atoms with E-state index in [2.05, 4.69) is 16.9 Å². The number of ether oxygens (including phenoxy) is 5. The largest absolute Gasteiger partial charge is 0.494 e. The molecule has 30 heavy (non-hydrogen) atoms. The molecule has 1 aromatic rings. The van der Waals surface area contributed by atoms with E-state index in [-0.39, 0.29) is 5.97 Å². The number of esters is 1. The molecule has 7 heteroatoms. The van der Waals surface area contributed by atoms with Crippen molar-refractivity contribution in [1.29, 1.82) is 0 Å². The highest BCUT2D eigenvalue weighted by atomic mass is 16.5. The third kappa shape index (κ3) is 15.2. The number of hydrogen-bond acceptors (Lipinski definition) is 7. The highest BCUT2D eigenvalue weighted by Crippen LogP contribution is 2.13. The molecule has 0 aliphatic rings. The summed E-state index contributed by atoms with van der Waals surface area (Å²) in [6, 6.07) is 8.17. The van der Waals surface area contributed by atoms with Crippen LogP contribution in [0.1, 0.15) is 44.1 Å². The van der Waals surface area contributed by atoms with Crippen molar-refractivity contribution in [3.05, 3.63) is 29.8 Å². The molecular weight excluding hydrogens is 386 g/mol. The molecule has 0 aliphatic heterocycles. The lowest BCUT2D eigenvalue weighted by atomic mass is 10.1. The van der Waals surface area contributed by atoms with E-state index in [1.807, 2.05) is 12.1 Å². The van der Waals surface area contributed by atoms with E-state index in [0.29, 0.717) is 52.4 Å². The second kappa shape index (κ2) is 19.3. The third-order valence-electron chi connectivity index (χ3n) is 4.45. The van der Waals surface area contributed by atoms with Gasteiger partial charge in [0.2, 0.25) is 0 Å². The molecule has 7 nitrogen and oxygen atoms in total. The van der Waals surface area contributed by atoms with Crippen LogP contribution in [0.5, 0.6) is 5.75 Å². The minimum absolute atomic E-state index is 0.204. The Labute approximate surface area is 181 Å². The summed E-state index contributed by atoms with van der Waals surface area (Å²) in [5.41, 5.74) is 6.80. The molecule has 1 rings (SSSR count). The first-order valence-electron chi connectivity index (χ1n) is 11.0. The Hall–Kier alpha value is -1.67. The van der Waals surface area contributed by atoms with Gasteiger partial charge in [0.05, 0.1) is 40.1 Å². The van der Waals surface area contributed by atoms with Crippen LogP contribution in [-0.4, -0.2) is 65.9 Å². The van der Waals surface area contributed by atoms with E-state index in [9.17, 15) is 4.79 Å². The quantitative estimate of drug-likeness (QED) is 0.254. The van der Waals surface area contributed by atoms with Crippen LogP contribution in [0.3, 0.4) is 0 Å². The van der Waals surface area contributed by atoms with Gasteiger partial charge in [0.1, 0.15) is 5.75 Å². The lowest BCUT2D eigenvalue weighted by molar-refractivity contribution is -0.141. The molecular formula is C23H39NO6. The lowest BCUT2D eigenvalue weighted by Crippen LogP contribution is -2.11. The summed E-state index contributed by atoms with van der Waals surface area (Å²) in [5.74, 6) is 0.718. The fourth-order valence-corrected chi connectivity index (χ4v) is 2.73. The van der Waals surface area contributed by atoms with Crippen molar-refractivity contribution in [1.82, 2.24) is 0 Å². The van der Waals surface area contributed by atoms with Crippen molar-refractivity contribution >= 4 is 5.97 Å². The highest BCUT2D eigenvalue weighted by Gasteiger charge is 1.99. The average molecular weight is 426 g/mol. The van der Waals surface area contributed by atoms with Crippen molar-refractivity contribution in [3.63, 3.8) is 0 Å². The fourth-order valence-electron chi connectivity index (χ4n) is 2.73. The molecule has 0 bridgehead atoms. The van der Waals surface area contributed by atoms with E-state index in [1.165, 1.54) is 12.7 Å². The van der Waals surface area contributed by atoms with Gasteiger partial charge in [-0.05, 0) is 56.3 Å². The molecule has 0 fully saturated rings. The Balaban J connectivity index is 1.77. The molecule has 0 saturated carbocycles. The van der Waals surface area contributed by atoms with Crippen LogP contribution in [0.4, 0.5) is 0 Å². The number of rotatable bonds is 20. The number of carbonyl (C=O) groups excluding carboxylic acids is 1. The van der Waals surface area contributed by atoms with Crippen LogP contribution in [0.2, 0.25) is 0 Å². The van der Waals surface area contributed by atoms with Crippen LogP contribution >= 0.6 is 0 Å². The first kappa shape index (κ1) is 26.4. The molecule has 1 aromatic carbocycles. The average Bonchev–Trinajstić information content (AvgIpc) is 2.77. The first-order chi connectivity index (χ1) is 14.8. The topological polar surface area (TPSA) is 89.2 Å². The fraction of sp³-hybridized carbons (Fsp3) is 0.696. The predicted molar refractivity (Wildman–Crippen MR) is 117 cm³/mol. The van der Waals surface area contributed by atoms with E-state index in [0.717, 1.165) is 51.1 Å². The summed E-state index contributed by atoms with van der Waals surface area (Å²) in [6.07, 6.45) is 6.34. The Morgan fingerprint density at radius 3 is 1.93 bits per heavy atom. The SMILES string of the molecule is COC(=O)CCCOCCOCCOCCCCCCOc1ccc(CCN)cc1. The van der Waals surface area contributed by atoms with Gasteiger partial charge in [0.25, 0.3) is 0 Å². The molecule has 2 N–H and O–H groups in total. The second-order valence-corrected chi connectivity index (χ2v) is 6.96. The number of methoxy groups -OCH3 is 1. The van der Waals surface area contributed by atoms with Gasteiger partial charge in [-0.1, -0.05) is 18.6 Å². The Kier molecular flexibility index (Phi) is 17.0.